The molecule has 0 saturated heterocycles. The Balaban J connectivity index is 0.00000242. The van der Waals surface area contributed by atoms with Gasteiger partial charge >= 0.3 is 0 Å². The van der Waals surface area contributed by atoms with Crippen LogP contribution in [-0.2, 0) is 10.0 Å². The van der Waals surface area contributed by atoms with Crippen LogP contribution in [-0.4, -0.2) is 21.0 Å². The van der Waals surface area contributed by atoms with Crippen molar-refractivity contribution in [2.75, 3.05) is 6.54 Å². The topological polar surface area (TPSA) is 96.0 Å². The van der Waals surface area contributed by atoms with E-state index in [-0.39, 0.29) is 34.3 Å². The molecule has 0 aliphatic heterocycles. The molecule has 1 saturated carbocycles. The van der Waals surface area contributed by atoms with E-state index in [2.05, 4.69) is 4.72 Å². The molecule has 1 fully saturated rings. The second-order valence-corrected chi connectivity index (χ2v) is 7.35. The van der Waals surface area contributed by atoms with Gasteiger partial charge in [-0.3, -0.25) is 0 Å². The number of sulfonamides is 1. The third kappa shape index (κ3) is 4.34. The third-order valence-electron chi connectivity index (χ3n) is 3.87. The summed E-state index contributed by atoms with van der Waals surface area (Å²) in [7, 11) is -3.71. The summed E-state index contributed by atoms with van der Waals surface area (Å²) in [5.41, 5.74) is 6.05. The fraction of sp³-hybridized carbons (Fsp3) is 0.500. The minimum Gasteiger partial charge on any atom is -0.330 e. The van der Waals surface area contributed by atoms with Crippen LogP contribution in [0.15, 0.2) is 23.1 Å². The highest BCUT2D eigenvalue weighted by atomic mass is 35.5. The standard InChI is InChI=1S/C14H18ClN3O2S.ClH/c15-12-7-10(8-16)5-6-14(12)21(19,20)18-13-4-2-1-3-11(13)9-17;/h5-7,11,13,18H,1-4,9,17H2;1H. The molecular weight excluding hydrogens is 345 g/mol. The summed E-state index contributed by atoms with van der Waals surface area (Å²) >= 11 is 5.99. The van der Waals surface area contributed by atoms with Crippen LogP contribution in [0.4, 0.5) is 0 Å². The first-order valence-corrected chi connectivity index (χ1v) is 8.76. The van der Waals surface area contributed by atoms with E-state index in [0.717, 1.165) is 25.7 Å². The Labute approximate surface area is 142 Å². The van der Waals surface area contributed by atoms with Crippen molar-refractivity contribution in [2.24, 2.45) is 11.7 Å². The predicted octanol–water partition coefficient (Wildman–Crippen LogP) is 2.43. The van der Waals surface area contributed by atoms with Gasteiger partial charge in [-0.05, 0) is 43.5 Å². The molecule has 5 nitrogen and oxygen atoms in total. The van der Waals surface area contributed by atoms with Gasteiger partial charge in [0.05, 0.1) is 16.7 Å². The highest BCUT2D eigenvalue weighted by Gasteiger charge is 2.29. The van der Waals surface area contributed by atoms with Crippen molar-refractivity contribution in [3.8, 4) is 6.07 Å². The molecule has 0 spiro atoms. The fourth-order valence-corrected chi connectivity index (χ4v) is 4.58. The third-order valence-corrected chi connectivity index (χ3v) is 5.84. The summed E-state index contributed by atoms with van der Waals surface area (Å²) in [5, 5.41) is 8.85. The number of nitrogens with one attached hydrogen (secondary N) is 1. The summed E-state index contributed by atoms with van der Waals surface area (Å²) in [4.78, 5) is 0.00418. The molecule has 22 heavy (non-hydrogen) atoms. The number of rotatable bonds is 4. The lowest BCUT2D eigenvalue weighted by Gasteiger charge is -2.31. The van der Waals surface area contributed by atoms with Crippen LogP contribution in [0.1, 0.15) is 31.2 Å². The zero-order valence-corrected chi connectivity index (χ0v) is 14.3. The van der Waals surface area contributed by atoms with Gasteiger partial charge in [-0.25, -0.2) is 13.1 Å². The van der Waals surface area contributed by atoms with Crippen molar-refractivity contribution in [3.63, 3.8) is 0 Å². The van der Waals surface area contributed by atoms with Gasteiger partial charge in [0.25, 0.3) is 0 Å². The number of benzene rings is 1. The number of hydrogen-bond donors (Lipinski definition) is 2. The smallest absolute Gasteiger partial charge is 0.242 e. The highest BCUT2D eigenvalue weighted by Crippen LogP contribution is 2.27. The minimum atomic E-state index is -3.71. The molecule has 0 bridgehead atoms. The van der Waals surface area contributed by atoms with Crippen LogP contribution in [0.3, 0.4) is 0 Å². The average molecular weight is 364 g/mol. The van der Waals surface area contributed by atoms with Crippen molar-refractivity contribution in [3.05, 3.63) is 28.8 Å². The van der Waals surface area contributed by atoms with Crippen molar-refractivity contribution < 1.29 is 8.42 Å². The molecule has 2 unspecified atom stereocenters. The molecular formula is C14H19Cl2N3O2S. The SMILES string of the molecule is Cl.N#Cc1ccc(S(=O)(=O)NC2CCCCC2CN)c(Cl)c1. The molecule has 8 heteroatoms. The van der Waals surface area contributed by atoms with E-state index in [1.165, 1.54) is 18.2 Å². The average Bonchev–Trinajstić information content (AvgIpc) is 2.47. The first-order chi connectivity index (χ1) is 9.97. The maximum atomic E-state index is 12.5. The van der Waals surface area contributed by atoms with Crippen LogP contribution < -0.4 is 10.5 Å². The Morgan fingerprint density at radius 3 is 2.64 bits per heavy atom. The molecule has 3 N–H and O–H groups in total. The lowest BCUT2D eigenvalue weighted by molar-refractivity contribution is 0.296. The zero-order chi connectivity index (χ0) is 15.5. The summed E-state index contributed by atoms with van der Waals surface area (Å²) in [6.45, 7) is 0.467. The molecule has 0 radical (unpaired) electrons. The Morgan fingerprint density at radius 1 is 1.36 bits per heavy atom. The Morgan fingerprint density at radius 2 is 2.05 bits per heavy atom. The Kier molecular flexibility index (Phi) is 7.10. The van der Waals surface area contributed by atoms with Crippen LogP contribution >= 0.6 is 24.0 Å². The monoisotopic (exact) mass is 363 g/mol. The zero-order valence-electron chi connectivity index (χ0n) is 12.0. The molecule has 1 aromatic carbocycles. The first kappa shape index (κ1) is 19.2. The number of nitrogens with zero attached hydrogens (tertiary/aromatic N) is 1. The van der Waals surface area contributed by atoms with Gasteiger partial charge in [-0.2, -0.15) is 5.26 Å². The number of nitrogens with two attached hydrogens (primary N) is 1. The maximum absolute atomic E-state index is 12.5. The Hall–Kier alpha value is -0.840. The van der Waals surface area contributed by atoms with E-state index < -0.39 is 10.0 Å². The molecule has 0 heterocycles. The van der Waals surface area contributed by atoms with Crippen molar-refractivity contribution in [1.29, 1.82) is 5.26 Å². The lowest BCUT2D eigenvalue weighted by Crippen LogP contribution is -2.44. The predicted molar refractivity (Wildman–Crippen MR) is 88.5 cm³/mol. The van der Waals surface area contributed by atoms with Gasteiger partial charge < -0.3 is 5.73 Å². The van der Waals surface area contributed by atoms with E-state index in [1.807, 2.05) is 6.07 Å². The van der Waals surface area contributed by atoms with E-state index >= 15 is 0 Å². The number of halogens is 2. The van der Waals surface area contributed by atoms with Crippen LogP contribution in [0.5, 0.6) is 0 Å². The summed E-state index contributed by atoms with van der Waals surface area (Å²) < 4.78 is 27.6. The largest absolute Gasteiger partial charge is 0.330 e. The van der Waals surface area contributed by atoms with Gasteiger partial charge in [-0.1, -0.05) is 24.4 Å². The second-order valence-electron chi connectivity index (χ2n) is 5.27. The summed E-state index contributed by atoms with van der Waals surface area (Å²) in [6.07, 6.45) is 3.79. The second kappa shape index (κ2) is 8.14. The first-order valence-electron chi connectivity index (χ1n) is 6.90. The normalized spacial score (nSPS) is 21.7. The molecule has 1 aromatic rings. The quantitative estimate of drug-likeness (QED) is 0.858. The van der Waals surface area contributed by atoms with Gasteiger partial charge in [0.2, 0.25) is 10.0 Å². The van der Waals surface area contributed by atoms with Crippen molar-refractivity contribution in [2.45, 2.75) is 36.6 Å². The number of hydrogen-bond acceptors (Lipinski definition) is 4. The van der Waals surface area contributed by atoms with Gasteiger partial charge in [0, 0.05) is 6.04 Å². The maximum Gasteiger partial charge on any atom is 0.242 e. The lowest BCUT2D eigenvalue weighted by atomic mass is 9.85. The highest BCUT2D eigenvalue weighted by molar-refractivity contribution is 7.89. The van der Waals surface area contributed by atoms with Gasteiger partial charge in [-0.15, -0.1) is 12.4 Å². The molecule has 0 amide bonds. The van der Waals surface area contributed by atoms with E-state index in [1.54, 1.807) is 0 Å². The minimum absolute atomic E-state index is 0. The molecule has 1 aliphatic rings. The number of nitriles is 1. The molecule has 0 aromatic heterocycles. The van der Waals surface area contributed by atoms with Gasteiger partial charge in [0.15, 0.2) is 0 Å². The molecule has 2 atom stereocenters. The van der Waals surface area contributed by atoms with Gasteiger partial charge in [0.1, 0.15) is 4.90 Å². The van der Waals surface area contributed by atoms with Crippen molar-refractivity contribution >= 4 is 34.0 Å². The molecule has 2 rings (SSSR count). The molecule has 1 aliphatic carbocycles. The summed E-state index contributed by atoms with van der Waals surface area (Å²) in [6, 6.07) is 5.94. The van der Waals surface area contributed by atoms with Crippen LogP contribution in [0, 0.1) is 17.2 Å². The van der Waals surface area contributed by atoms with Crippen molar-refractivity contribution in [1.82, 2.24) is 4.72 Å². The molecule has 122 valence electrons. The van der Waals surface area contributed by atoms with Crippen LogP contribution in [0.2, 0.25) is 5.02 Å². The van der Waals surface area contributed by atoms with E-state index in [9.17, 15) is 8.42 Å². The Bertz CT molecular complexity index is 659. The van der Waals surface area contributed by atoms with Crippen LogP contribution in [0.25, 0.3) is 0 Å². The van der Waals surface area contributed by atoms with E-state index in [4.69, 9.17) is 22.6 Å². The summed E-state index contributed by atoms with van der Waals surface area (Å²) in [5.74, 6) is 0.158. The fourth-order valence-electron chi connectivity index (χ4n) is 2.70. The van der Waals surface area contributed by atoms with E-state index in [0.29, 0.717) is 12.1 Å².